The molecule has 4 aromatic carbocycles. The second-order valence-corrected chi connectivity index (χ2v) is 39.6. The van der Waals surface area contributed by atoms with Crippen molar-refractivity contribution in [2.75, 3.05) is 0 Å². The highest BCUT2D eigenvalue weighted by molar-refractivity contribution is 6.06. The predicted octanol–water partition coefficient (Wildman–Crippen LogP) is 26.5. The Labute approximate surface area is 672 Å². The van der Waals surface area contributed by atoms with E-state index in [2.05, 4.69) is 332 Å². The molecular weight excluding hydrogens is 1400 g/mol. The van der Waals surface area contributed by atoms with Crippen molar-refractivity contribution in [3.8, 4) is 55.6 Å². The molecule has 0 spiro atoms. The summed E-state index contributed by atoms with van der Waals surface area (Å²) in [5, 5.41) is 20.8. The molecule has 6 N–H and O–H groups in total. The Morgan fingerprint density at radius 3 is 0.614 bits per heavy atom. The molecule has 0 saturated heterocycles. The van der Waals surface area contributed by atoms with Crippen molar-refractivity contribution in [2.45, 2.75) is 209 Å². The number of aromatic amines is 4. The maximum atomic E-state index is 12.7. The Kier molecular flexibility index (Phi) is 19.6. The van der Waals surface area contributed by atoms with Crippen LogP contribution in [0.3, 0.4) is 0 Å². The Bertz CT molecular complexity index is 5580. The fourth-order valence-corrected chi connectivity index (χ4v) is 15.4. The van der Waals surface area contributed by atoms with Gasteiger partial charge in [0.15, 0.2) is 0 Å². The van der Waals surface area contributed by atoms with Crippen molar-refractivity contribution < 1.29 is 19.8 Å². The SMILES string of the molecule is CC(C)(C)c1cc(-c2c3nc(c(-c4c5nc(c(-c6cc(C(C)(C)C)cc(C(C)(C)C)c6)c6ccc([nH]6)c(/C=C/C(=O)O)c6nc(c(-c7cc(C(C)(C)C)cc(C(C)(C)C)c7)c7ccc4[nH]7)C=C6)C=C5)c4ccc([nH]4)c(-c4cc(C(C)(C)C)cc(C(C)(C)C)c4)c4nc(c(/C=C/C(=O)O)c5ccc2[nH]5)C=C4)C=C3)cc(C(C)(C)C)c1. The summed E-state index contributed by atoms with van der Waals surface area (Å²) in [5.74, 6) is -2.16. The first-order chi connectivity index (χ1) is 53.1. The summed E-state index contributed by atoms with van der Waals surface area (Å²) < 4.78 is 0. The summed E-state index contributed by atoms with van der Waals surface area (Å²) in [6, 6.07) is 44.7. The normalized spacial score (nSPS) is 13.7. The van der Waals surface area contributed by atoms with Crippen LogP contribution in [0, 0.1) is 0 Å². The van der Waals surface area contributed by atoms with Crippen LogP contribution in [-0.2, 0) is 52.9 Å². The minimum Gasteiger partial charge on any atom is -0.478 e. The third kappa shape index (κ3) is 15.9. The van der Waals surface area contributed by atoms with E-state index < -0.39 is 11.9 Å². The van der Waals surface area contributed by atoms with Gasteiger partial charge in [-0.05, 0) is 219 Å². The molecule has 0 fully saturated rings. The molecule has 0 unspecified atom stereocenters. The van der Waals surface area contributed by atoms with Gasteiger partial charge in [-0.3, -0.25) is 0 Å². The molecule has 0 aliphatic carbocycles. The van der Waals surface area contributed by atoms with Gasteiger partial charge < -0.3 is 30.1 Å². The number of aromatic nitrogens is 8. The molecule has 0 amide bonds. The van der Waals surface area contributed by atoms with Crippen molar-refractivity contribution in [3.63, 3.8) is 0 Å². The third-order valence-electron chi connectivity index (χ3n) is 22.4. The number of carboxylic acid groups (broad SMARTS) is 2. The number of nitrogens with one attached hydrogen (secondary N) is 4. The zero-order valence-electron chi connectivity index (χ0n) is 71.0. The summed E-state index contributed by atoms with van der Waals surface area (Å²) in [6.07, 6.45) is 22.3. The molecule has 582 valence electrons. The van der Waals surface area contributed by atoms with Crippen LogP contribution in [0.4, 0.5) is 0 Å². The van der Waals surface area contributed by atoms with Gasteiger partial charge in [-0.25, -0.2) is 29.5 Å². The van der Waals surface area contributed by atoms with Crippen LogP contribution in [-0.4, -0.2) is 62.0 Å². The maximum Gasteiger partial charge on any atom is 0.328 e. The van der Waals surface area contributed by atoms with Crippen LogP contribution in [0.1, 0.15) is 267 Å². The number of carbonyl (C=O) groups is 2. The van der Waals surface area contributed by atoms with E-state index in [9.17, 15) is 19.8 Å². The van der Waals surface area contributed by atoms with Gasteiger partial charge in [0, 0.05) is 101 Å². The fraction of sp³-hybridized carbons (Fsp3) is 0.314. The number of nitrogens with zero attached hydrogens (tertiary/aromatic N) is 4. The highest BCUT2D eigenvalue weighted by Crippen LogP contribution is 2.47. The maximum absolute atomic E-state index is 12.7. The molecule has 10 aromatic rings. The van der Waals surface area contributed by atoms with Gasteiger partial charge >= 0.3 is 11.9 Å². The lowest BCUT2D eigenvalue weighted by Gasteiger charge is -2.26. The van der Waals surface area contributed by atoms with Gasteiger partial charge in [-0.15, -0.1) is 0 Å². The average molecular weight is 1510 g/mol. The standard InChI is InChI=1S/C102H110N8O4/c1-95(2,3)61-45-57(46-62(53-61)96(4,5)6)89-75-31-27-71(103-75)69(25-43-87(111)112)72-28-32-76(104-72)90(58-47-63(97(7,8)9)54-64(48-58)98(10,11)12)80-36-40-84(108-80)93(83-39-35-79(89)107-83)94-85-41-37-81(109-85)91(59-49-65(99(13,14)15)55-66(50-59)100(16,17)18)77-33-29-73(105-77)70(26-44-88(113)114)74-30-34-78(106-74)92(82-38-42-86(94)110-82)60-51-67(101(19,20)21)56-68(52-60)102(22,23)24/h25-56,103,105,108,110H,1-24H3,(H,111,112)(H,113,114)/b43-25+,44-26+,71-69?,72-69?,73-70?,74-70?,89-75?,89-79?,90-76?,90-80?,91-77?,91-81?,92-78?,92-82?,93-83?,93-84?,94-85?,94-86?. The van der Waals surface area contributed by atoms with E-state index in [1.165, 1.54) is 56.7 Å². The molecule has 4 aliphatic heterocycles. The molecule has 0 saturated carbocycles. The number of H-pyrrole nitrogens is 4. The van der Waals surface area contributed by atoms with Gasteiger partial charge in [0.2, 0.25) is 0 Å². The molecule has 16 bridgehead atoms. The molecular formula is C102H110N8O4. The van der Waals surface area contributed by atoms with E-state index in [0.29, 0.717) is 67.7 Å². The number of hydrogen-bond acceptors (Lipinski definition) is 6. The second-order valence-electron chi connectivity index (χ2n) is 39.6. The minimum absolute atomic E-state index is 0.246. The summed E-state index contributed by atoms with van der Waals surface area (Å²) >= 11 is 0. The molecule has 12 nitrogen and oxygen atoms in total. The first-order valence-electron chi connectivity index (χ1n) is 39.9. The number of aliphatic carboxylic acids is 2. The van der Waals surface area contributed by atoms with Crippen LogP contribution in [0.5, 0.6) is 0 Å². The van der Waals surface area contributed by atoms with Gasteiger partial charge in [0.1, 0.15) is 0 Å². The quantitative estimate of drug-likeness (QED) is 0.0770. The zero-order chi connectivity index (χ0) is 82.2. The summed E-state index contributed by atoms with van der Waals surface area (Å²) in [6.45, 7) is 54.1. The minimum atomic E-state index is -1.08. The Hall–Kier alpha value is -11.5. The highest BCUT2D eigenvalue weighted by Gasteiger charge is 2.31. The third-order valence-corrected chi connectivity index (χ3v) is 22.4. The fourth-order valence-electron chi connectivity index (χ4n) is 15.4. The first kappa shape index (κ1) is 79.2. The Morgan fingerprint density at radius 1 is 0.246 bits per heavy atom. The van der Waals surface area contributed by atoms with Crippen molar-refractivity contribution in [3.05, 3.63) is 235 Å². The largest absolute Gasteiger partial charge is 0.478 e. The molecule has 4 aliphatic rings. The lowest BCUT2D eigenvalue weighted by Crippen LogP contribution is -2.16. The second kappa shape index (κ2) is 28.2. The first-order valence-corrected chi connectivity index (χ1v) is 39.9. The molecule has 10 heterocycles. The summed E-state index contributed by atoms with van der Waals surface area (Å²) in [7, 11) is 0. The number of benzene rings is 4. The molecule has 14 rings (SSSR count). The average Bonchev–Trinajstić information content (AvgIpc) is 1.59. The van der Waals surface area contributed by atoms with Crippen molar-refractivity contribution in [1.29, 1.82) is 0 Å². The summed E-state index contributed by atoms with van der Waals surface area (Å²) in [5.41, 5.74) is 28.7. The van der Waals surface area contributed by atoms with E-state index in [0.717, 1.165) is 88.7 Å². The van der Waals surface area contributed by atoms with Crippen LogP contribution in [0.25, 0.3) is 161 Å². The van der Waals surface area contributed by atoms with Crippen molar-refractivity contribution >= 4 is 117 Å². The molecule has 12 heteroatoms. The summed E-state index contributed by atoms with van der Waals surface area (Å²) in [4.78, 5) is 64.8. The smallest absolute Gasteiger partial charge is 0.328 e. The lowest BCUT2D eigenvalue weighted by atomic mass is 9.78. The van der Waals surface area contributed by atoms with E-state index in [4.69, 9.17) is 19.9 Å². The van der Waals surface area contributed by atoms with E-state index >= 15 is 0 Å². The predicted molar refractivity (Wildman–Crippen MR) is 481 cm³/mol. The highest BCUT2D eigenvalue weighted by atomic mass is 16.4. The molecule has 114 heavy (non-hydrogen) atoms. The zero-order valence-corrected chi connectivity index (χ0v) is 71.0. The topological polar surface area (TPSA) is 189 Å². The van der Waals surface area contributed by atoms with E-state index in [1.54, 1.807) is 12.2 Å². The van der Waals surface area contributed by atoms with Crippen LogP contribution < -0.4 is 0 Å². The van der Waals surface area contributed by atoms with Crippen molar-refractivity contribution in [1.82, 2.24) is 39.9 Å². The van der Waals surface area contributed by atoms with Gasteiger partial charge in [-0.1, -0.05) is 239 Å². The van der Waals surface area contributed by atoms with Crippen LogP contribution in [0.2, 0.25) is 0 Å². The van der Waals surface area contributed by atoms with Crippen molar-refractivity contribution in [2.24, 2.45) is 0 Å². The molecule has 0 radical (unpaired) electrons. The number of rotatable bonds is 9. The van der Waals surface area contributed by atoms with Gasteiger partial charge in [-0.2, -0.15) is 0 Å². The Morgan fingerprint density at radius 2 is 0.412 bits per heavy atom. The monoisotopic (exact) mass is 1510 g/mol. The van der Waals surface area contributed by atoms with Gasteiger partial charge in [0.25, 0.3) is 0 Å². The Balaban J connectivity index is 1.25. The van der Waals surface area contributed by atoms with Gasteiger partial charge in [0.05, 0.1) is 45.6 Å². The molecule has 6 aromatic heterocycles. The molecule has 0 atom stereocenters. The van der Waals surface area contributed by atoms with Crippen LogP contribution in [0.15, 0.2) is 133 Å². The number of carboxylic acids is 2. The van der Waals surface area contributed by atoms with Crippen LogP contribution >= 0.6 is 0 Å². The number of hydrogen-bond donors (Lipinski definition) is 6. The number of fused-ring (bicyclic) bond motifs is 16. The lowest BCUT2D eigenvalue weighted by molar-refractivity contribution is -0.132. The van der Waals surface area contributed by atoms with E-state index in [-0.39, 0.29) is 43.3 Å². The van der Waals surface area contributed by atoms with E-state index in [1.807, 2.05) is 24.3 Å².